The Labute approximate surface area is 116 Å². The molecule has 5 heteroatoms. The third kappa shape index (κ3) is 3.14. The van der Waals surface area contributed by atoms with Crippen molar-refractivity contribution in [1.82, 2.24) is 4.90 Å². The van der Waals surface area contributed by atoms with Gasteiger partial charge in [0.25, 0.3) is 0 Å². The third-order valence-electron chi connectivity index (χ3n) is 3.82. The Hall–Kier alpha value is -1.10. The number of rotatable bonds is 3. The van der Waals surface area contributed by atoms with E-state index in [2.05, 4.69) is 11.8 Å². The van der Waals surface area contributed by atoms with E-state index >= 15 is 0 Å². The van der Waals surface area contributed by atoms with Crippen molar-refractivity contribution in [2.24, 2.45) is 0 Å². The Morgan fingerprint density at radius 3 is 2.60 bits per heavy atom. The van der Waals surface area contributed by atoms with E-state index in [0.717, 1.165) is 31.6 Å². The second-order valence-corrected chi connectivity index (χ2v) is 5.37. The van der Waals surface area contributed by atoms with Crippen LogP contribution in [0.5, 0.6) is 0 Å². The minimum absolute atomic E-state index is 0.475. The fourth-order valence-corrected chi connectivity index (χ4v) is 2.65. The molecule has 0 aromatic heterocycles. The van der Waals surface area contributed by atoms with Crippen LogP contribution >= 0.6 is 0 Å². The first-order valence-corrected chi connectivity index (χ1v) is 6.91. The molecule has 0 amide bonds. The van der Waals surface area contributed by atoms with E-state index < -0.39 is 18.3 Å². The fourth-order valence-electron chi connectivity index (χ4n) is 2.65. The second-order valence-electron chi connectivity index (χ2n) is 5.37. The van der Waals surface area contributed by atoms with Crippen molar-refractivity contribution in [3.05, 3.63) is 35.5 Å². The number of halogens is 4. The van der Waals surface area contributed by atoms with Crippen LogP contribution in [0.25, 0.3) is 0 Å². The average Bonchev–Trinajstić information content (AvgIpc) is 2.39. The topological polar surface area (TPSA) is 3.24 Å². The van der Waals surface area contributed by atoms with Crippen molar-refractivity contribution >= 4 is 0 Å². The summed E-state index contributed by atoms with van der Waals surface area (Å²) in [5.74, 6) is 0. The summed E-state index contributed by atoms with van der Waals surface area (Å²) in [6, 6.07) is 0. The van der Waals surface area contributed by atoms with E-state index in [-0.39, 0.29) is 0 Å². The summed E-state index contributed by atoms with van der Waals surface area (Å²) in [6.45, 7) is 4.63. The van der Waals surface area contributed by atoms with Crippen molar-refractivity contribution in [1.29, 1.82) is 0 Å². The van der Waals surface area contributed by atoms with E-state index in [9.17, 15) is 17.6 Å². The second kappa shape index (κ2) is 5.72. The molecule has 0 bridgehead atoms. The van der Waals surface area contributed by atoms with E-state index in [0.29, 0.717) is 18.1 Å². The molecule has 0 aromatic rings. The van der Waals surface area contributed by atoms with Gasteiger partial charge in [-0.2, -0.15) is 13.2 Å². The first-order chi connectivity index (χ1) is 9.36. The number of hydrogen-bond acceptors (Lipinski definition) is 1. The Morgan fingerprint density at radius 2 is 2.05 bits per heavy atom. The summed E-state index contributed by atoms with van der Waals surface area (Å²) >= 11 is 0. The van der Waals surface area contributed by atoms with Crippen LogP contribution in [0.2, 0.25) is 0 Å². The average molecular weight is 289 g/mol. The summed E-state index contributed by atoms with van der Waals surface area (Å²) in [7, 11) is 0. The number of nitrogens with zero attached hydrogens (tertiary/aromatic N) is 1. The van der Waals surface area contributed by atoms with Gasteiger partial charge in [-0.3, -0.25) is 4.90 Å². The van der Waals surface area contributed by atoms with Crippen LogP contribution in [0.1, 0.15) is 26.2 Å². The third-order valence-corrected chi connectivity index (χ3v) is 3.82. The first-order valence-electron chi connectivity index (χ1n) is 6.91. The predicted molar refractivity (Wildman–Crippen MR) is 71.2 cm³/mol. The van der Waals surface area contributed by atoms with Crippen LogP contribution in [0, 0.1) is 0 Å². The van der Waals surface area contributed by atoms with Crippen molar-refractivity contribution in [2.75, 3.05) is 19.6 Å². The molecule has 2 aliphatic rings. The van der Waals surface area contributed by atoms with Crippen LogP contribution < -0.4 is 0 Å². The lowest BCUT2D eigenvalue weighted by atomic mass is 9.85. The Morgan fingerprint density at radius 1 is 1.30 bits per heavy atom. The molecule has 20 heavy (non-hydrogen) atoms. The molecule has 1 aliphatic heterocycles. The number of allylic oxidation sites excluding steroid dienone is 4. The zero-order chi connectivity index (χ0) is 14.8. The quantitative estimate of drug-likeness (QED) is 0.704. The molecular weight excluding hydrogens is 270 g/mol. The molecule has 0 saturated heterocycles. The molecule has 112 valence electrons. The summed E-state index contributed by atoms with van der Waals surface area (Å²) in [5.41, 5.74) is -1.89. The van der Waals surface area contributed by atoms with Crippen molar-refractivity contribution in [3.63, 3.8) is 0 Å². The highest BCUT2D eigenvalue weighted by molar-refractivity contribution is 5.41. The first kappa shape index (κ1) is 15.3. The van der Waals surface area contributed by atoms with Crippen molar-refractivity contribution < 1.29 is 17.6 Å². The lowest BCUT2D eigenvalue weighted by Crippen LogP contribution is -2.40. The van der Waals surface area contributed by atoms with Gasteiger partial charge in [-0.05, 0) is 36.6 Å². The van der Waals surface area contributed by atoms with Gasteiger partial charge >= 0.3 is 6.18 Å². The minimum atomic E-state index is -4.85. The van der Waals surface area contributed by atoms with E-state index in [4.69, 9.17) is 0 Å². The highest BCUT2D eigenvalue weighted by Crippen LogP contribution is 2.43. The lowest BCUT2D eigenvalue weighted by molar-refractivity contribution is -0.211. The van der Waals surface area contributed by atoms with Gasteiger partial charge in [0.2, 0.25) is 5.67 Å². The van der Waals surface area contributed by atoms with Crippen LogP contribution in [0.3, 0.4) is 0 Å². The molecule has 1 heterocycles. The highest BCUT2D eigenvalue weighted by Gasteiger charge is 2.55. The SMILES string of the molecule is CCCN1CC=C(C2=CC=CC(F)(C(F)(F)F)C2)CC1. The molecule has 0 fully saturated rings. The number of alkyl halides is 4. The van der Waals surface area contributed by atoms with E-state index in [1.807, 2.05) is 6.08 Å². The monoisotopic (exact) mass is 289 g/mol. The Balaban J connectivity index is 2.08. The van der Waals surface area contributed by atoms with Gasteiger partial charge < -0.3 is 0 Å². The fraction of sp³-hybridized carbons (Fsp3) is 0.600. The maximum atomic E-state index is 14.0. The minimum Gasteiger partial charge on any atom is -0.299 e. The molecule has 0 saturated carbocycles. The molecule has 2 rings (SSSR count). The molecule has 0 aromatic carbocycles. The molecule has 0 N–H and O–H groups in total. The summed E-state index contributed by atoms with van der Waals surface area (Å²) in [6.07, 6.45) is 1.61. The van der Waals surface area contributed by atoms with Crippen LogP contribution in [0.4, 0.5) is 17.6 Å². The molecule has 0 radical (unpaired) electrons. The maximum absolute atomic E-state index is 14.0. The molecule has 1 atom stereocenters. The molecular formula is C15H19F4N. The lowest BCUT2D eigenvalue weighted by Gasteiger charge is -2.31. The van der Waals surface area contributed by atoms with Crippen LogP contribution in [-0.2, 0) is 0 Å². The highest BCUT2D eigenvalue weighted by atomic mass is 19.4. The molecule has 1 nitrogen and oxygen atoms in total. The summed E-state index contributed by atoms with van der Waals surface area (Å²) in [4.78, 5) is 2.25. The van der Waals surface area contributed by atoms with Crippen molar-refractivity contribution in [3.8, 4) is 0 Å². The van der Waals surface area contributed by atoms with Gasteiger partial charge in [0.1, 0.15) is 0 Å². The summed E-state index contributed by atoms with van der Waals surface area (Å²) in [5, 5.41) is 0. The maximum Gasteiger partial charge on any atom is 0.426 e. The number of hydrogen-bond donors (Lipinski definition) is 0. The van der Waals surface area contributed by atoms with Gasteiger partial charge in [0.05, 0.1) is 0 Å². The van der Waals surface area contributed by atoms with Gasteiger partial charge in [-0.1, -0.05) is 25.2 Å². The predicted octanol–water partition coefficient (Wildman–Crippen LogP) is 4.19. The molecule has 1 aliphatic carbocycles. The molecule has 0 spiro atoms. The van der Waals surface area contributed by atoms with Crippen LogP contribution in [0.15, 0.2) is 35.5 Å². The van der Waals surface area contributed by atoms with E-state index in [1.54, 1.807) is 6.08 Å². The smallest absolute Gasteiger partial charge is 0.299 e. The van der Waals surface area contributed by atoms with Gasteiger partial charge in [0, 0.05) is 19.5 Å². The van der Waals surface area contributed by atoms with Gasteiger partial charge in [-0.25, -0.2) is 4.39 Å². The molecule has 1 unspecified atom stereocenters. The van der Waals surface area contributed by atoms with Crippen LogP contribution in [-0.4, -0.2) is 36.4 Å². The Bertz CT molecular complexity index is 447. The summed E-state index contributed by atoms with van der Waals surface area (Å²) < 4.78 is 52.2. The van der Waals surface area contributed by atoms with Gasteiger partial charge in [-0.15, -0.1) is 0 Å². The standard InChI is InChI=1S/C15H19F4N/c1-2-8-20-9-5-12(6-10-20)13-4-3-7-14(16,11-13)15(17,18)19/h3-5,7H,2,6,8-11H2,1H3. The largest absolute Gasteiger partial charge is 0.426 e. The normalized spacial score (nSPS) is 28.2. The van der Waals surface area contributed by atoms with Gasteiger partial charge in [0.15, 0.2) is 0 Å². The zero-order valence-corrected chi connectivity index (χ0v) is 11.5. The van der Waals surface area contributed by atoms with E-state index in [1.165, 1.54) is 6.08 Å². The Kier molecular flexibility index (Phi) is 4.37. The van der Waals surface area contributed by atoms with Crippen molar-refractivity contribution in [2.45, 2.75) is 38.0 Å². The zero-order valence-electron chi connectivity index (χ0n) is 11.5.